The van der Waals surface area contributed by atoms with Crippen molar-refractivity contribution >= 4 is 50.0 Å². The van der Waals surface area contributed by atoms with Crippen LogP contribution in [0.1, 0.15) is 6.42 Å². The van der Waals surface area contributed by atoms with Gasteiger partial charge in [-0.1, -0.05) is 47.6 Å². The molecule has 1 aliphatic rings. The number of halogens is 1. The smallest absolute Gasteiger partial charge is 0.266 e. The number of hydrogen-bond acceptors (Lipinski definition) is 6. The third kappa shape index (κ3) is 4.49. The van der Waals surface area contributed by atoms with E-state index in [0.29, 0.717) is 33.2 Å². The number of hydrogen-bond donors (Lipinski definition) is 0. The van der Waals surface area contributed by atoms with E-state index in [1.165, 1.54) is 9.47 Å². The van der Waals surface area contributed by atoms with Gasteiger partial charge in [-0.3, -0.25) is 14.2 Å². The fourth-order valence-corrected chi connectivity index (χ4v) is 6.49. The summed E-state index contributed by atoms with van der Waals surface area (Å²) in [6.07, 6.45) is 0.438. The fourth-order valence-electron chi connectivity index (χ4n) is 3.57. The molecule has 1 atom stereocenters. The van der Waals surface area contributed by atoms with Crippen molar-refractivity contribution in [3.05, 3.63) is 63.9 Å². The molecule has 0 unspecified atom stereocenters. The predicted octanol–water partition coefficient (Wildman–Crippen LogP) is 2.78. The molecule has 31 heavy (non-hydrogen) atoms. The van der Waals surface area contributed by atoms with Gasteiger partial charge in [0.1, 0.15) is 0 Å². The van der Waals surface area contributed by atoms with E-state index < -0.39 is 9.84 Å². The highest BCUT2D eigenvalue weighted by Gasteiger charge is 2.32. The molecule has 1 saturated heterocycles. The quantitative estimate of drug-likeness (QED) is 0.414. The first-order valence-electron chi connectivity index (χ1n) is 9.62. The van der Waals surface area contributed by atoms with E-state index in [4.69, 9.17) is 11.6 Å². The lowest BCUT2D eigenvalue weighted by Crippen LogP contribution is -2.39. The van der Waals surface area contributed by atoms with E-state index in [-0.39, 0.29) is 34.8 Å². The summed E-state index contributed by atoms with van der Waals surface area (Å²) in [4.78, 5) is 32.1. The SMILES string of the molecule is CN(C(=O)CSc1nc2ccccc2c(=O)n1-c1ccccc1Cl)[C@@H]1CCS(=O)(=O)C1. The van der Waals surface area contributed by atoms with Crippen LogP contribution in [0, 0.1) is 0 Å². The molecule has 0 spiro atoms. The number of carbonyl (C=O) groups is 1. The van der Waals surface area contributed by atoms with Crippen molar-refractivity contribution in [2.24, 2.45) is 0 Å². The van der Waals surface area contributed by atoms with E-state index in [2.05, 4.69) is 4.98 Å². The van der Waals surface area contributed by atoms with Gasteiger partial charge < -0.3 is 4.90 Å². The molecule has 1 fully saturated rings. The highest BCUT2D eigenvalue weighted by atomic mass is 35.5. The number of nitrogens with zero attached hydrogens (tertiary/aromatic N) is 3. The molecular weight excluding hydrogens is 458 g/mol. The zero-order valence-corrected chi connectivity index (χ0v) is 19.1. The van der Waals surface area contributed by atoms with Crippen LogP contribution in [0.25, 0.3) is 16.6 Å². The Labute approximate surface area is 189 Å². The van der Waals surface area contributed by atoms with E-state index in [1.54, 1.807) is 55.6 Å². The van der Waals surface area contributed by atoms with Gasteiger partial charge in [-0.25, -0.2) is 13.4 Å². The van der Waals surface area contributed by atoms with Crippen molar-refractivity contribution in [2.45, 2.75) is 17.6 Å². The van der Waals surface area contributed by atoms with E-state index in [9.17, 15) is 18.0 Å². The maximum Gasteiger partial charge on any atom is 0.266 e. The summed E-state index contributed by atoms with van der Waals surface area (Å²) in [5, 5.41) is 1.19. The molecule has 1 aromatic heterocycles. The lowest BCUT2D eigenvalue weighted by molar-refractivity contribution is -0.128. The summed E-state index contributed by atoms with van der Waals surface area (Å²) in [5.41, 5.74) is 0.738. The number of benzene rings is 2. The molecule has 1 amide bonds. The monoisotopic (exact) mass is 477 g/mol. The second-order valence-electron chi connectivity index (χ2n) is 7.35. The molecule has 0 radical (unpaired) electrons. The Hall–Kier alpha value is -2.36. The summed E-state index contributed by atoms with van der Waals surface area (Å²) in [5.74, 6) is -0.123. The summed E-state index contributed by atoms with van der Waals surface area (Å²) in [7, 11) is -1.48. The Bertz CT molecular complexity index is 1320. The molecule has 0 N–H and O–H groups in total. The lowest BCUT2D eigenvalue weighted by Gasteiger charge is -2.23. The van der Waals surface area contributed by atoms with Gasteiger partial charge in [0.25, 0.3) is 5.56 Å². The molecule has 4 rings (SSSR count). The fraction of sp³-hybridized carbons (Fsp3) is 0.286. The van der Waals surface area contributed by atoms with Crippen molar-refractivity contribution < 1.29 is 13.2 Å². The van der Waals surface area contributed by atoms with Crippen LogP contribution in [0.2, 0.25) is 5.02 Å². The van der Waals surface area contributed by atoms with Crippen LogP contribution in [0.15, 0.2) is 58.5 Å². The maximum atomic E-state index is 13.3. The van der Waals surface area contributed by atoms with Gasteiger partial charge in [0.05, 0.1) is 38.9 Å². The number of para-hydroxylation sites is 2. The van der Waals surface area contributed by atoms with Crippen molar-refractivity contribution in [3.8, 4) is 5.69 Å². The minimum atomic E-state index is -3.09. The molecule has 0 saturated carbocycles. The first kappa shape index (κ1) is 21.9. The summed E-state index contributed by atoms with van der Waals surface area (Å²) in [6, 6.07) is 13.6. The number of rotatable bonds is 5. The highest BCUT2D eigenvalue weighted by Crippen LogP contribution is 2.26. The number of fused-ring (bicyclic) bond motifs is 1. The van der Waals surface area contributed by atoms with Crippen LogP contribution in [-0.4, -0.2) is 59.1 Å². The van der Waals surface area contributed by atoms with Crippen LogP contribution in [-0.2, 0) is 14.6 Å². The van der Waals surface area contributed by atoms with E-state index >= 15 is 0 Å². The normalized spacial score (nSPS) is 17.7. The Morgan fingerprint density at radius 2 is 1.94 bits per heavy atom. The maximum absolute atomic E-state index is 13.3. The average molecular weight is 478 g/mol. The zero-order chi connectivity index (χ0) is 22.2. The van der Waals surface area contributed by atoms with Gasteiger partial charge in [0.2, 0.25) is 5.91 Å². The Balaban J connectivity index is 1.67. The van der Waals surface area contributed by atoms with Crippen molar-refractivity contribution in [3.63, 3.8) is 0 Å². The molecule has 7 nitrogen and oxygen atoms in total. The topological polar surface area (TPSA) is 89.3 Å². The van der Waals surface area contributed by atoms with Crippen molar-refractivity contribution in [1.82, 2.24) is 14.5 Å². The molecule has 162 valence electrons. The number of thioether (sulfide) groups is 1. The molecule has 2 heterocycles. The third-order valence-corrected chi connectivity index (χ3v) is 8.31. The Kier molecular flexibility index (Phi) is 6.09. The second kappa shape index (κ2) is 8.64. The highest BCUT2D eigenvalue weighted by molar-refractivity contribution is 7.99. The summed E-state index contributed by atoms with van der Waals surface area (Å²) >= 11 is 7.48. The molecule has 10 heteroatoms. The molecule has 3 aromatic rings. The molecule has 1 aliphatic heterocycles. The summed E-state index contributed by atoms with van der Waals surface area (Å²) < 4.78 is 24.9. The number of amides is 1. The van der Waals surface area contributed by atoms with Crippen LogP contribution in [0.4, 0.5) is 0 Å². The second-order valence-corrected chi connectivity index (χ2v) is 10.9. The number of sulfone groups is 1. The van der Waals surface area contributed by atoms with Gasteiger partial charge in [0, 0.05) is 13.1 Å². The Morgan fingerprint density at radius 3 is 2.65 bits per heavy atom. The van der Waals surface area contributed by atoms with Gasteiger partial charge in [-0.15, -0.1) is 0 Å². The molecule has 0 bridgehead atoms. The van der Waals surface area contributed by atoms with Crippen LogP contribution < -0.4 is 5.56 Å². The van der Waals surface area contributed by atoms with Crippen molar-refractivity contribution in [1.29, 1.82) is 0 Å². The van der Waals surface area contributed by atoms with Crippen molar-refractivity contribution in [2.75, 3.05) is 24.3 Å². The molecule has 2 aromatic carbocycles. The van der Waals surface area contributed by atoms with Gasteiger partial charge >= 0.3 is 0 Å². The lowest BCUT2D eigenvalue weighted by atomic mass is 10.2. The van der Waals surface area contributed by atoms with Crippen LogP contribution in [0.3, 0.4) is 0 Å². The van der Waals surface area contributed by atoms with Gasteiger partial charge in [0.15, 0.2) is 15.0 Å². The van der Waals surface area contributed by atoms with Gasteiger partial charge in [-0.2, -0.15) is 0 Å². The minimum Gasteiger partial charge on any atom is -0.341 e. The Morgan fingerprint density at radius 1 is 1.23 bits per heavy atom. The number of carbonyl (C=O) groups excluding carboxylic acids is 1. The third-order valence-electron chi connectivity index (χ3n) is 5.31. The zero-order valence-electron chi connectivity index (χ0n) is 16.7. The molecular formula is C21H20ClN3O4S2. The minimum absolute atomic E-state index is 0.0154. The first-order chi connectivity index (χ1) is 14.8. The van der Waals surface area contributed by atoms with E-state index in [1.807, 2.05) is 0 Å². The van der Waals surface area contributed by atoms with Crippen LogP contribution >= 0.6 is 23.4 Å². The predicted molar refractivity (Wildman–Crippen MR) is 123 cm³/mol. The largest absolute Gasteiger partial charge is 0.341 e. The van der Waals surface area contributed by atoms with Gasteiger partial charge in [-0.05, 0) is 30.7 Å². The van der Waals surface area contributed by atoms with E-state index in [0.717, 1.165) is 11.8 Å². The summed E-state index contributed by atoms with van der Waals surface area (Å²) in [6.45, 7) is 0. The standard InChI is InChI=1S/C21H20ClN3O4S2/c1-24(14-10-11-31(28,29)13-14)19(26)12-30-21-23-17-8-4-2-6-15(17)20(27)25(21)18-9-5-3-7-16(18)22/h2-9,14H,10-13H2,1H3/t14-/m1/s1. The number of aromatic nitrogens is 2. The first-order valence-corrected chi connectivity index (χ1v) is 12.8. The molecule has 0 aliphatic carbocycles. The van der Waals surface area contributed by atoms with Crippen LogP contribution in [0.5, 0.6) is 0 Å². The average Bonchev–Trinajstić information content (AvgIpc) is 3.12.